The minimum Gasteiger partial charge on any atom is -0.653 e. The maximum atomic E-state index is 11.6. The second-order valence-corrected chi connectivity index (χ2v) is 6.99. The largest absolute Gasteiger partial charge is 0.653 e. The molecule has 11 heavy (non-hydrogen) atoms. The molecule has 0 aliphatic carbocycles. The molecule has 0 amide bonds. The first-order valence-corrected chi connectivity index (χ1v) is 6.12. The van der Waals surface area contributed by atoms with Crippen molar-refractivity contribution < 1.29 is 4.31 Å². The predicted octanol–water partition coefficient (Wildman–Crippen LogP) is 1.25. The molecule has 0 aromatic rings. The molecule has 3 heteroatoms. The normalized spacial score (nSPS) is 24.0. The van der Waals surface area contributed by atoms with E-state index in [1.165, 1.54) is 12.5 Å². The highest BCUT2D eigenvalue weighted by molar-refractivity contribution is 6.26. The van der Waals surface area contributed by atoms with Gasteiger partial charge < -0.3 is 9.52 Å². The Morgan fingerprint density at radius 1 is 1.36 bits per heavy atom. The molecule has 1 heterocycles. The molecule has 1 aliphatic heterocycles. The lowest BCUT2D eigenvalue weighted by Gasteiger charge is -2.52. The maximum Gasteiger partial charge on any atom is 0.255 e. The van der Waals surface area contributed by atoms with Crippen LogP contribution < -0.4 is 0 Å². The summed E-state index contributed by atoms with van der Waals surface area (Å²) in [5, 5.41) is 11.6. The van der Waals surface area contributed by atoms with E-state index < -0.39 is 9.68 Å². The van der Waals surface area contributed by atoms with Crippen molar-refractivity contribution in [1.82, 2.24) is 0 Å². The molecule has 0 unspecified atom stereocenters. The molecule has 0 aromatic heterocycles. The first kappa shape index (κ1) is 9.23. The molecule has 0 saturated carbocycles. The van der Waals surface area contributed by atoms with Gasteiger partial charge in [-0.25, -0.2) is 0 Å². The lowest BCUT2D eigenvalue weighted by atomic mass is 10.0. The Bertz CT molecular complexity index is 138. The number of hydrogen-bond acceptors (Lipinski definition) is 1. The van der Waals surface area contributed by atoms with Crippen molar-refractivity contribution in [2.75, 3.05) is 13.1 Å². The number of hydrogen-bond donors (Lipinski definition) is 0. The second kappa shape index (κ2) is 2.88. The van der Waals surface area contributed by atoms with E-state index in [0.29, 0.717) is 5.41 Å². The molecule has 2 nitrogen and oxygen atoms in total. The molecule has 0 radical (unpaired) electrons. The molecule has 0 spiro atoms. The highest BCUT2D eigenvalue weighted by atomic mass is 28.2. The van der Waals surface area contributed by atoms with E-state index in [2.05, 4.69) is 20.8 Å². The van der Waals surface area contributed by atoms with Gasteiger partial charge >= 0.3 is 0 Å². The average Bonchev–Trinajstić information content (AvgIpc) is 1.77. The van der Waals surface area contributed by atoms with E-state index in [9.17, 15) is 5.21 Å². The van der Waals surface area contributed by atoms with Crippen molar-refractivity contribution in [3.8, 4) is 0 Å². The minimum atomic E-state index is -0.396. The Hall–Kier alpha value is 0.137. The van der Waals surface area contributed by atoms with Gasteiger partial charge in [-0.3, -0.25) is 0 Å². The van der Waals surface area contributed by atoms with E-state index in [0.717, 1.165) is 13.1 Å². The van der Waals surface area contributed by atoms with Gasteiger partial charge in [0, 0.05) is 6.42 Å². The molecule has 0 aromatic carbocycles. The zero-order valence-electron chi connectivity index (χ0n) is 7.89. The van der Waals surface area contributed by atoms with Gasteiger partial charge in [0.25, 0.3) is 9.68 Å². The SMILES string of the molecule is CC(C)(C)C[SiH2][N+]1([O-])CCC1. The number of nitrogens with zero attached hydrogens (tertiary/aromatic N) is 1. The zero-order valence-corrected chi connectivity index (χ0v) is 9.31. The number of quaternary nitrogens is 1. The quantitative estimate of drug-likeness (QED) is 0.455. The molecular formula is C8H19NOSi. The van der Waals surface area contributed by atoms with Crippen LogP contribution in [0.15, 0.2) is 0 Å². The van der Waals surface area contributed by atoms with Crippen LogP contribution in [0.5, 0.6) is 0 Å². The van der Waals surface area contributed by atoms with Gasteiger partial charge in [0.2, 0.25) is 0 Å². The van der Waals surface area contributed by atoms with Crippen LogP contribution in [0.3, 0.4) is 0 Å². The van der Waals surface area contributed by atoms with Gasteiger partial charge in [0.05, 0.1) is 13.1 Å². The minimum absolute atomic E-state index is 0.220. The molecule has 1 saturated heterocycles. The average molecular weight is 173 g/mol. The van der Waals surface area contributed by atoms with Crippen LogP contribution in [0.1, 0.15) is 27.2 Å². The molecule has 1 fully saturated rings. The van der Waals surface area contributed by atoms with Crippen LogP contribution in [0.4, 0.5) is 0 Å². The van der Waals surface area contributed by atoms with Gasteiger partial charge in [-0.15, -0.1) is 0 Å². The smallest absolute Gasteiger partial charge is 0.255 e. The third-order valence-corrected chi connectivity index (χ3v) is 5.57. The summed E-state index contributed by atoms with van der Waals surface area (Å²) in [6.07, 6.45) is 1.17. The predicted molar refractivity (Wildman–Crippen MR) is 50.8 cm³/mol. The summed E-state index contributed by atoms with van der Waals surface area (Å²) in [7, 11) is -0.396. The van der Waals surface area contributed by atoms with Crippen LogP contribution >= 0.6 is 0 Å². The molecular weight excluding hydrogens is 154 g/mol. The van der Waals surface area contributed by atoms with Crippen LogP contribution in [-0.2, 0) is 0 Å². The third-order valence-electron chi connectivity index (χ3n) is 2.40. The maximum absolute atomic E-state index is 11.6. The van der Waals surface area contributed by atoms with Crippen LogP contribution in [-0.4, -0.2) is 27.1 Å². The third kappa shape index (κ3) is 2.93. The summed E-state index contributed by atoms with van der Waals surface area (Å²) in [5.74, 6) is 0. The highest BCUT2D eigenvalue weighted by Gasteiger charge is 2.27. The van der Waals surface area contributed by atoms with Crippen LogP contribution in [0.2, 0.25) is 6.04 Å². The molecule has 0 N–H and O–H groups in total. The summed E-state index contributed by atoms with van der Waals surface area (Å²) < 4.78 is 0.220. The molecule has 0 bridgehead atoms. The fourth-order valence-electron chi connectivity index (χ4n) is 1.27. The van der Waals surface area contributed by atoms with E-state index in [1.807, 2.05) is 0 Å². The van der Waals surface area contributed by atoms with Crippen molar-refractivity contribution in [2.24, 2.45) is 5.41 Å². The second-order valence-electron chi connectivity index (χ2n) is 4.89. The first-order chi connectivity index (χ1) is 4.91. The first-order valence-electron chi connectivity index (χ1n) is 4.48. The summed E-state index contributed by atoms with van der Waals surface area (Å²) in [5.41, 5.74) is 0.386. The Kier molecular flexibility index (Phi) is 2.42. The molecule has 1 aliphatic rings. The fraction of sp³-hybridized carbons (Fsp3) is 1.00. The van der Waals surface area contributed by atoms with Crippen molar-refractivity contribution in [1.29, 1.82) is 0 Å². The van der Waals surface area contributed by atoms with Crippen molar-refractivity contribution in [3.05, 3.63) is 5.21 Å². The number of rotatable bonds is 2. The Labute approximate surface area is 71.7 Å². The Morgan fingerprint density at radius 2 is 1.91 bits per heavy atom. The van der Waals surface area contributed by atoms with Crippen molar-refractivity contribution >= 4 is 9.68 Å². The monoisotopic (exact) mass is 173 g/mol. The van der Waals surface area contributed by atoms with E-state index in [4.69, 9.17) is 0 Å². The van der Waals surface area contributed by atoms with Gasteiger partial charge in [-0.2, -0.15) is 0 Å². The summed E-state index contributed by atoms with van der Waals surface area (Å²) >= 11 is 0. The lowest BCUT2D eigenvalue weighted by molar-refractivity contribution is -0.813. The standard InChI is InChI=1S/C8H19NOSi/c1-8(2,3)7-11-9(10)5-4-6-9/h4-7,11H2,1-3H3. The van der Waals surface area contributed by atoms with Crippen LogP contribution in [0, 0.1) is 10.6 Å². The van der Waals surface area contributed by atoms with Crippen molar-refractivity contribution in [3.63, 3.8) is 0 Å². The lowest BCUT2D eigenvalue weighted by Crippen LogP contribution is -2.55. The van der Waals surface area contributed by atoms with E-state index in [1.54, 1.807) is 0 Å². The number of hydroxylamine groups is 2. The van der Waals surface area contributed by atoms with Gasteiger partial charge in [-0.1, -0.05) is 20.8 Å². The fourth-order valence-corrected chi connectivity index (χ4v) is 3.25. The summed E-state index contributed by atoms with van der Waals surface area (Å²) in [6.45, 7) is 8.52. The Morgan fingerprint density at radius 3 is 2.18 bits per heavy atom. The highest BCUT2D eigenvalue weighted by Crippen LogP contribution is 2.24. The summed E-state index contributed by atoms with van der Waals surface area (Å²) in [6, 6.07) is 1.19. The zero-order chi connectivity index (χ0) is 8.54. The molecule has 0 atom stereocenters. The summed E-state index contributed by atoms with van der Waals surface area (Å²) in [4.78, 5) is 0. The van der Waals surface area contributed by atoms with Crippen molar-refractivity contribution in [2.45, 2.75) is 33.2 Å². The molecule has 1 rings (SSSR count). The van der Waals surface area contributed by atoms with Gasteiger partial charge in [-0.05, 0) is 11.5 Å². The van der Waals surface area contributed by atoms with E-state index >= 15 is 0 Å². The Balaban J connectivity index is 2.21. The molecule has 66 valence electrons. The topological polar surface area (TPSA) is 23.1 Å². The van der Waals surface area contributed by atoms with E-state index in [-0.39, 0.29) is 4.31 Å². The van der Waals surface area contributed by atoms with Gasteiger partial charge in [0.1, 0.15) is 0 Å². The van der Waals surface area contributed by atoms with Crippen LogP contribution in [0.25, 0.3) is 0 Å². The van der Waals surface area contributed by atoms with Gasteiger partial charge in [0.15, 0.2) is 0 Å².